The molecule has 1 aliphatic rings. The summed E-state index contributed by atoms with van der Waals surface area (Å²) >= 11 is 0. The summed E-state index contributed by atoms with van der Waals surface area (Å²) in [6, 6.07) is 11.8. The van der Waals surface area contributed by atoms with Crippen LogP contribution in [0.2, 0.25) is 0 Å². The number of fused-ring (bicyclic) bond motifs is 1. The average Bonchev–Trinajstić information content (AvgIpc) is 2.49. The van der Waals surface area contributed by atoms with E-state index < -0.39 is 0 Å². The van der Waals surface area contributed by atoms with Gasteiger partial charge in [-0.2, -0.15) is 0 Å². The van der Waals surface area contributed by atoms with Crippen molar-refractivity contribution in [2.24, 2.45) is 0 Å². The molecule has 0 radical (unpaired) electrons. The van der Waals surface area contributed by atoms with Crippen molar-refractivity contribution < 1.29 is 0 Å². The van der Waals surface area contributed by atoms with Crippen LogP contribution in [-0.2, 0) is 19.4 Å². The summed E-state index contributed by atoms with van der Waals surface area (Å²) in [5, 5.41) is 3.49. The standard InChI is InChI=1S/C17H20N2O/c20-17-10-3-4-12-19(17)13-11-18-16-9-5-7-14-6-1-2-8-15(14)16/h3-5,7,9-10,12,18H,1-2,6,8,11,13H2. The van der Waals surface area contributed by atoms with E-state index in [1.54, 1.807) is 16.7 Å². The van der Waals surface area contributed by atoms with Gasteiger partial charge >= 0.3 is 0 Å². The zero-order chi connectivity index (χ0) is 13.8. The van der Waals surface area contributed by atoms with Gasteiger partial charge in [-0.25, -0.2) is 0 Å². The second-order valence-electron chi connectivity index (χ2n) is 5.31. The Balaban J connectivity index is 1.67. The van der Waals surface area contributed by atoms with Crippen LogP contribution in [0.4, 0.5) is 5.69 Å². The highest BCUT2D eigenvalue weighted by atomic mass is 16.1. The molecule has 0 amide bonds. The van der Waals surface area contributed by atoms with Crippen molar-refractivity contribution in [1.29, 1.82) is 0 Å². The largest absolute Gasteiger partial charge is 0.383 e. The molecule has 0 saturated carbocycles. The van der Waals surface area contributed by atoms with Gasteiger partial charge in [0.05, 0.1) is 0 Å². The minimum absolute atomic E-state index is 0.0596. The fraction of sp³-hybridized carbons (Fsp3) is 0.353. The van der Waals surface area contributed by atoms with E-state index in [-0.39, 0.29) is 5.56 Å². The van der Waals surface area contributed by atoms with Crippen molar-refractivity contribution in [3.63, 3.8) is 0 Å². The van der Waals surface area contributed by atoms with Crippen LogP contribution < -0.4 is 10.9 Å². The third-order valence-electron chi connectivity index (χ3n) is 3.96. The molecule has 1 aromatic heterocycles. The number of pyridine rings is 1. The molecule has 0 atom stereocenters. The number of rotatable bonds is 4. The summed E-state index contributed by atoms with van der Waals surface area (Å²) in [6.07, 6.45) is 6.79. The minimum atomic E-state index is 0.0596. The second-order valence-corrected chi connectivity index (χ2v) is 5.31. The predicted molar refractivity (Wildman–Crippen MR) is 82.3 cm³/mol. The van der Waals surface area contributed by atoms with E-state index in [1.165, 1.54) is 42.5 Å². The van der Waals surface area contributed by atoms with Crippen molar-refractivity contribution in [2.75, 3.05) is 11.9 Å². The Morgan fingerprint density at radius 1 is 1.05 bits per heavy atom. The summed E-state index contributed by atoms with van der Waals surface area (Å²) in [5.74, 6) is 0. The summed E-state index contributed by atoms with van der Waals surface area (Å²) in [4.78, 5) is 11.6. The van der Waals surface area contributed by atoms with E-state index in [0.717, 1.165) is 6.54 Å². The Kier molecular flexibility index (Phi) is 3.86. The monoisotopic (exact) mass is 268 g/mol. The maximum absolute atomic E-state index is 11.6. The molecule has 0 bridgehead atoms. The Morgan fingerprint density at radius 3 is 2.85 bits per heavy atom. The Morgan fingerprint density at radius 2 is 1.95 bits per heavy atom. The molecule has 1 heterocycles. The molecule has 3 heteroatoms. The molecule has 1 aliphatic carbocycles. The van der Waals surface area contributed by atoms with E-state index in [9.17, 15) is 4.79 Å². The van der Waals surface area contributed by atoms with Crippen LogP contribution in [0.5, 0.6) is 0 Å². The molecule has 1 N–H and O–H groups in total. The molecular formula is C17H20N2O. The first-order valence-electron chi connectivity index (χ1n) is 7.35. The van der Waals surface area contributed by atoms with Gasteiger partial charge < -0.3 is 9.88 Å². The topological polar surface area (TPSA) is 34.0 Å². The quantitative estimate of drug-likeness (QED) is 0.925. The zero-order valence-electron chi connectivity index (χ0n) is 11.6. The van der Waals surface area contributed by atoms with Gasteiger partial charge in [0.25, 0.3) is 5.56 Å². The molecule has 20 heavy (non-hydrogen) atoms. The van der Waals surface area contributed by atoms with Gasteiger partial charge in [-0.1, -0.05) is 18.2 Å². The van der Waals surface area contributed by atoms with E-state index in [2.05, 4.69) is 23.5 Å². The molecule has 0 saturated heterocycles. The number of hydrogen-bond donors (Lipinski definition) is 1. The van der Waals surface area contributed by atoms with Gasteiger partial charge in [-0.05, 0) is 48.9 Å². The number of nitrogens with one attached hydrogen (secondary N) is 1. The number of aromatic nitrogens is 1. The first-order valence-corrected chi connectivity index (χ1v) is 7.35. The van der Waals surface area contributed by atoms with Crippen molar-refractivity contribution in [2.45, 2.75) is 32.2 Å². The summed E-state index contributed by atoms with van der Waals surface area (Å²) < 4.78 is 1.74. The molecule has 3 rings (SSSR count). The zero-order valence-corrected chi connectivity index (χ0v) is 11.6. The Labute approximate surface area is 119 Å². The maximum Gasteiger partial charge on any atom is 0.250 e. The fourth-order valence-corrected chi connectivity index (χ4v) is 2.90. The van der Waals surface area contributed by atoms with Gasteiger partial charge in [0, 0.05) is 31.0 Å². The number of benzene rings is 1. The van der Waals surface area contributed by atoms with Crippen LogP contribution in [-0.4, -0.2) is 11.1 Å². The van der Waals surface area contributed by atoms with Gasteiger partial charge in [0.15, 0.2) is 0 Å². The molecular weight excluding hydrogens is 248 g/mol. The number of anilines is 1. The number of nitrogens with zero attached hydrogens (tertiary/aromatic N) is 1. The normalized spacial score (nSPS) is 13.8. The van der Waals surface area contributed by atoms with Crippen LogP contribution in [0.25, 0.3) is 0 Å². The second kappa shape index (κ2) is 5.95. The Hall–Kier alpha value is -2.03. The minimum Gasteiger partial charge on any atom is -0.383 e. The van der Waals surface area contributed by atoms with Crippen molar-refractivity contribution >= 4 is 5.69 Å². The lowest BCUT2D eigenvalue weighted by atomic mass is 9.90. The highest BCUT2D eigenvalue weighted by molar-refractivity contribution is 5.55. The maximum atomic E-state index is 11.6. The third kappa shape index (κ3) is 2.77. The summed E-state index contributed by atoms with van der Waals surface area (Å²) in [7, 11) is 0. The van der Waals surface area contributed by atoms with Crippen LogP contribution in [0.3, 0.4) is 0 Å². The van der Waals surface area contributed by atoms with Crippen LogP contribution in [0.1, 0.15) is 24.0 Å². The van der Waals surface area contributed by atoms with Gasteiger partial charge in [-0.3, -0.25) is 4.79 Å². The van der Waals surface area contributed by atoms with Crippen molar-refractivity contribution in [3.05, 3.63) is 64.1 Å². The molecule has 3 nitrogen and oxygen atoms in total. The van der Waals surface area contributed by atoms with E-state index in [0.29, 0.717) is 6.54 Å². The molecule has 0 aliphatic heterocycles. The molecule has 2 aromatic rings. The van der Waals surface area contributed by atoms with Crippen LogP contribution >= 0.6 is 0 Å². The lowest BCUT2D eigenvalue weighted by Gasteiger charge is -2.20. The first kappa shape index (κ1) is 13.0. The summed E-state index contributed by atoms with van der Waals surface area (Å²) in [5.41, 5.74) is 4.26. The van der Waals surface area contributed by atoms with Crippen molar-refractivity contribution in [1.82, 2.24) is 4.57 Å². The molecule has 0 unspecified atom stereocenters. The molecule has 104 valence electrons. The number of hydrogen-bond acceptors (Lipinski definition) is 2. The average molecular weight is 268 g/mol. The van der Waals surface area contributed by atoms with Crippen LogP contribution in [0.15, 0.2) is 47.4 Å². The third-order valence-corrected chi connectivity index (χ3v) is 3.96. The Bertz CT molecular complexity index is 645. The SMILES string of the molecule is O=c1ccccn1CCNc1cccc2c1CCCC2. The fourth-order valence-electron chi connectivity index (χ4n) is 2.90. The van der Waals surface area contributed by atoms with Crippen molar-refractivity contribution in [3.8, 4) is 0 Å². The van der Waals surface area contributed by atoms with E-state index >= 15 is 0 Å². The van der Waals surface area contributed by atoms with Gasteiger partial charge in [-0.15, -0.1) is 0 Å². The van der Waals surface area contributed by atoms with Gasteiger partial charge in [0.2, 0.25) is 0 Å². The van der Waals surface area contributed by atoms with Gasteiger partial charge in [0.1, 0.15) is 0 Å². The highest BCUT2D eigenvalue weighted by Gasteiger charge is 2.12. The number of aryl methyl sites for hydroxylation is 1. The molecule has 1 aromatic carbocycles. The first-order chi connectivity index (χ1) is 9.84. The van der Waals surface area contributed by atoms with Crippen LogP contribution in [0, 0.1) is 0 Å². The highest BCUT2D eigenvalue weighted by Crippen LogP contribution is 2.27. The molecule has 0 fully saturated rings. The smallest absolute Gasteiger partial charge is 0.250 e. The lowest BCUT2D eigenvalue weighted by molar-refractivity contribution is 0.679. The lowest BCUT2D eigenvalue weighted by Crippen LogP contribution is -2.22. The summed E-state index contributed by atoms with van der Waals surface area (Å²) in [6.45, 7) is 1.48. The predicted octanol–water partition coefficient (Wildman–Crippen LogP) is 2.84. The molecule has 0 spiro atoms. The van der Waals surface area contributed by atoms with E-state index in [4.69, 9.17) is 0 Å². The van der Waals surface area contributed by atoms with E-state index in [1.807, 2.05) is 12.3 Å².